The average molecular weight is 434 g/mol. The van der Waals surface area contributed by atoms with Crippen molar-refractivity contribution in [3.63, 3.8) is 0 Å². The van der Waals surface area contributed by atoms with E-state index in [0.29, 0.717) is 37.6 Å². The number of amides is 2. The van der Waals surface area contributed by atoms with E-state index in [1.54, 1.807) is 0 Å². The Kier molecular flexibility index (Phi) is 5.50. The number of ketones is 1. The Balaban J connectivity index is 1.14. The van der Waals surface area contributed by atoms with E-state index in [-0.39, 0.29) is 36.5 Å². The van der Waals surface area contributed by atoms with Crippen molar-refractivity contribution in [3.8, 4) is 5.75 Å². The van der Waals surface area contributed by atoms with Crippen molar-refractivity contribution in [1.29, 1.82) is 0 Å². The molecule has 0 aromatic heterocycles. The van der Waals surface area contributed by atoms with Crippen LogP contribution < -0.4 is 9.64 Å². The molecule has 1 aromatic rings. The lowest BCUT2D eigenvalue weighted by Crippen LogP contribution is -2.61. The van der Waals surface area contributed by atoms with Crippen LogP contribution in [0.3, 0.4) is 0 Å². The van der Waals surface area contributed by atoms with Crippen LogP contribution in [0.1, 0.15) is 25.7 Å². The van der Waals surface area contributed by atoms with Crippen molar-refractivity contribution in [2.24, 2.45) is 5.92 Å². The third kappa shape index (κ3) is 4.10. The highest BCUT2D eigenvalue weighted by molar-refractivity contribution is 6.31. The van der Waals surface area contributed by atoms with E-state index in [4.69, 9.17) is 21.1 Å². The van der Waals surface area contributed by atoms with E-state index in [9.17, 15) is 9.59 Å². The van der Waals surface area contributed by atoms with Gasteiger partial charge in [-0.15, -0.1) is 0 Å². The van der Waals surface area contributed by atoms with E-state index in [1.807, 2.05) is 28.0 Å². The van der Waals surface area contributed by atoms with Crippen LogP contribution in [0, 0.1) is 5.92 Å². The number of halogens is 1. The molecule has 1 aromatic carbocycles. The summed E-state index contributed by atoms with van der Waals surface area (Å²) in [6, 6.07) is 5.91. The van der Waals surface area contributed by atoms with Crippen LogP contribution in [0.5, 0.6) is 5.75 Å². The fraction of sp³-hybridized carbons (Fsp3) is 0.636. The number of hydrogen-bond acceptors (Lipinski definition) is 5. The number of piperidine rings is 1. The van der Waals surface area contributed by atoms with Crippen LogP contribution in [-0.4, -0.2) is 79.7 Å². The maximum atomic E-state index is 12.9. The first kappa shape index (κ1) is 19.9. The van der Waals surface area contributed by atoms with Gasteiger partial charge in [0.25, 0.3) is 0 Å². The molecule has 0 bridgehead atoms. The molecule has 4 heterocycles. The fourth-order valence-electron chi connectivity index (χ4n) is 4.99. The van der Waals surface area contributed by atoms with Gasteiger partial charge in [-0.1, -0.05) is 11.6 Å². The van der Waals surface area contributed by atoms with Gasteiger partial charge in [-0.3, -0.25) is 4.79 Å². The highest BCUT2D eigenvalue weighted by Gasteiger charge is 2.40. The minimum absolute atomic E-state index is 0.0176. The number of ether oxygens (including phenoxy) is 2. The lowest BCUT2D eigenvalue weighted by Gasteiger charge is -2.45. The molecule has 4 saturated heterocycles. The number of fused-ring (bicyclic) bond motifs is 1. The summed E-state index contributed by atoms with van der Waals surface area (Å²) in [6.07, 6.45) is 3.85. The summed E-state index contributed by atoms with van der Waals surface area (Å²) >= 11 is 6.31. The number of urea groups is 1. The molecule has 4 aliphatic heterocycles. The number of anilines is 1. The van der Waals surface area contributed by atoms with Gasteiger partial charge in [0.1, 0.15) is 18.5 Å². The lowest BCUT2D eigenvalue weighted by atomic mass is 9.88. The number of carbonyl (C=O) groups is 2. The Labute approximate surface area is 181 Å². The number of hydrogen-bond donors (Lipinski definition) is 0. The van der Waals surface area contributed by atoms with Crippen molar-refractivity contribution in [2.45, 2.75) is 37.9 Å². The van der Waals surface area contributed by atoms with Crippen molar-refractivity contribution in [3.05, 3.63) is 23.2 Å². The highest BCUT2D eigenvalue weighted by Crippen LogP contribution is 2.32. The molecular formula is C22H28ClN3O4. The molecule has 0 spiro atoms. The summed E-state index contributed by atoms with van der Waals surface area (Å²) in [5, 5.41) is 0.675. The van der Waals surface area contributed by atoms with Crippen LogP contribution in [0.25, 0.3) is 0 Å². The number of likely N-dealkylation sites (tertiary alicyclic amines) is 2. The van der Waals surface area contributed by atoms with Gasteiger partial charge in [0.2, 0.25) is 0 Å². The normalized spacial score (nSPS) is 27.1. The molecule has 2 amide bonds. The van der Waals surface area contributed by atoms with Crippen LogP contribution in [0.2, 0.25) is 5.02 Å². The standard InChI is InChI=1S/C22H28ClN3O4/c23-16-8-17(24-4-1-2-5-24)10-19(9-16)30-20-12-26(13-20)22(28)25-6-3-21-15(11-25)7-18(27)14-29-21/h8-10,15,20-21H,1-7,11-14H2/t15-,21+/m1/s1. The van der Waals surface area contributed by atoms with Crippen LogP contribution >= 0.6 is 11.6 Å². The Morgan fingerprint density at radius 1 is 1.07 bits per heavy atom. The molecule has 30 heavy (non-hydrogen) atoms. The summed E-state index contributed by atoms with van der Waals surface area (Å²) in [7, 11) is 0. The van der Waals surface area contributed by atoms with Gasteiger partial charge in [-0.25, -0.2) is 4.79 Å². The van der Waals surface area contributed by atoms with Crippen LogP contribution in [0.15, 0.2) is 18.2 Å². The molecule has 4 aliphatic rings. The molecule has 0 saturated carbocycles. The van der Waals surface area contributed by atoms with Crippen molar-refractivity contribution in [2.75, 3.05) is 50.8 Å². The highest BCUT2D eigenvalue weighted by atomic mass is 35.5. The Bertz CT molecular complexity index is 823. The number of Topliss-reactive ketones (excluding diaryl/α,β-unsaturated/α-hetero) is 1. The molecular weight excluding hydrogens is 406 g/mol. The topological polar surface area (TPSA) is 62.3 Å². The summed E-state index contributed by atoms with van der Waals surface area (Å²) < 4.78 is 11.7. The maximum Gasteiger partial charge on any atom is 0.320 e. The molecule has 0 radical (unpaired) electrons. The predicted octanol–water partition coefficient (Wildman–Crippen LogP) is 2.80. The fourth-order valence-corrected chi connectivity index (χ4v) is 5.21. The minimum atomic E-state index is -0.0176. The zero-order valence-electron chi connectivity index (χ0n) is 17.1. The molecule has 162 valence electrons. The first-order chi connectivity index (χ1) is 14.5. The van der Waals surface area contributed by atoms with Gasteiger partial charge in [0.05, 0.1) is 19.2 Å². The SMILES string of the molecule is O=C1CO[C@H]2CCN(C(=O)N3CC(Oc4cc(Cl)cc(N5CCCC5)c4)C3)C[C@H]2C1. The molecule has 5 rings (SSSR count). The number of benzene rings is 1. The molecule has 2 atom stereocenters. The Morgan fingerprint density at radius 3 is 2.67 bits per heavy atom. The zero-order chi connectivity index (χ0) is 20.7. The van der Waals surface area contributed by atoms with E-state index < -0.39 is 0 Å². The van der Waals surface area contributed by atoms with Crippen molar-refractivity contribution in [1.82, 2.24) is 9.80 Å². The monoisotopic (exact) mass is 433 g/mol. The Morgan fingerprint density at radius 2 is 1.87 bits per heavy atom. The summed E-state index contributed by atoms with van der Waals surface area (Å²) in [5.74, 6) is 1.03. The molecule has 0 N–H and O–H groups in total. The lowest BCUT2D eigenvalue weighted by molar-refractivity contribution is -0.140. The van der Waals surface area contributed by atoms with E-state index in [2.05, 4.69) is 4.90 Å². The van der Waals surface area contributed by atoms with Gasteiger partial charge in [0.15, 0.2) is 5.78 Å². The predicted molar refractivity (Wildman–Crippen MR) is 113 cm³/mol. The van der Waals surface area contributed by atoms with Gasteiger partial charge in [-0.2, -0.15) is 0 Å². The van der Waals surface area contributed by atoms with Gasteiger partial charge < -0.3 is 24.2 Å². The summed E-state index contributed by atoms with van der Waals surface area (Å²) in [4.78, 5) is 30.6. The smallest absolute Gasteiger partial charge is 0.320 e. The van der Waals surface area contributed by atoms with Gasteiger partial charge in [-0.05, 0) is 31.4 Å². The van der Waals surface area contributed by atoms with E-state index in [0.717, 1.165) is 30.9 Å². The third-order valence-electron chi connectivity index (χ3n) is 6.63. The maximum absolute atomic E-state index is 12.9. The van der Waals surface area contributed by atoms with Crippen LogP contribution in [0.4, 0.5) is 10.5 Å². The molecule has 0 aliphatic carbocycles. The second-order valence-electron chi connectivity index (χ2n) is 8.85. The Hall–Kier alpha value is -1.99. The number of rotatable bonds is 3. The van der Waals surface area contributed by atoms with Gasteiger partial charge >= 0.3 is 6.03 Å². The first-order valence-electron chi connectivity index (χ1n) is 10.9. The summed E-state index contributed by atoms with van der Waals surface area (Å²) in [6.45, 7) is 4.77. The molecule has 7 nitrogen and oxygen atoms in total. The van der Waals surface area contributed by atoms with E-state index in [1.165, 1.54) is 12.8 Å². The molecule has 0 unspecified atom stereocenters. The van der Waals surface area contributed by atoms with Crippen molar-refractivity contribution < 1.29 is 19.1 Å². The second kappa shape index (κ2) is 8.27. The quantitative estimate of drug-likeness (QED) is 0.733. The summed E-state index contributed by atoms with van der Waals surface area (Å²) in [5.41, 5.74) is 1.11. The van der Waals surface area contributed by atoms with Crippen LogP contribution in [-0.2, 0) is 9.53 Å². The van der Waals surface area contributed by atoms with Crippen molar-refractivity contribution >= 4 is 29.1 Å². The largest absolute Gasteiger partial charge is 0.487 e. The van der Waals surface area contributed by atoms with Gasteiger partial charge in [0, 0.05) is 55.3 Å². The molecule has 4 fully saturated rings. The second-order valence-corrected chi connectivity index (χ2v) is 9.29. The minimum Gasteiger partial charge on any atom is -0.487 e. The van der Waals surface area contributed by atoms with E-state index >= 15 is 0 Å². The first-order valence-corrected chi connectivity index (χ1v) is 11.3. The molecule has 8 heteroatoms. The number of nitrogens with zero attached hydrogens (tertiary/aromatic N) is 3. The average Bonchev–Trinajstić information content (AvgIpc) is 3.24. The zero-order valence-corrected chi connectivity index (χ0v) is 17.9. The number of carbonyl (C=O) groups excluding carboxylic acids is 2. The third-order valence-corrected chi connectivity index (χ3v) is 6.85.